The molecule has 2 nitrogen and oxygen atoms in total. The van der Waals surface area contributed by atoms with Crippen LogP contribution in [0.5, 0.6) is 0 Å². The van der Waals surface area contributed by atoms with Crippen molar-refractivity contribution in [3.05, 3.63) is 200 Å². The molecular weight excluding hydrogens is 607 g/mol. The summed E-state index contributed by atoms with van der Waals surface area (Å²) < 4.78 is 6.41. The highest BCUT2D eigenvalue weighted by molar-refractivity contribution is 6.06. The zero-order chi connectivity index (χ0) is 33.3. The van der Waals surface area contributed by atoms with E-state index < -0.39 is 0 Å². The van der Waals surface area contributed by atoms with E-state index in [1.54, 1.807) is 0 Å². The molecule has 236 valence electrons. The van der Waals surface area contributed by atoms with E-state index >= 15 is 0 Å². The lowest BCUT2D eigenvalue weighted by atomic mass is 9.97. The third-order valence-corrected chi connectivity index (χ3v) is 9.48. The highest BCUT2D eigenvalue weighted by Crippen LogP contribution is 2.44. The van der Waals surface area contributed by atoms with Crippen LogP contribution in [0.15, 0.2) is 205 Å². The van der Waals surface area contributed by atoms with Crippen LogP contribution in [0.4, 0.5) is 17.1 Å². The number of nitrogens with zero attached hydrogens (tertiary/aromatic N) is 1. The first-order valence-corrected chi connectivity index (χ1v) is 17.0. The lowest BCUT2D eigenvalue weighted by Crippen LogP contribution is -2.11. The van der Waals surface area contributed by atoms with E-state index in [0.717, 1.165) is 55.7 Å². The van der Waals surface area contributed by atoms with E-state index in [0.29, 0.717) is 0 Å². The van der Waals surface area contributed by atoms with Crippen LogP contribution < -0.4 is 4.90 Å². The van der Waals surface area contributed by atoms with Crippen LogP contribution in [0, 0.1) is 0 Å². The molecule has 0 spiro atoms. The van der Waals surface area contributed by atoms with Crippen LogP contribution in [-0.2, 0) is 0 Å². The number of fused-ring (bicyclic) bond motifs is 3. The van der Waals surface area contributed by atoms with Crippen molar-refractivity contribution in [3.8, 4) is 44.5 Å². The Kier molecular flexibility index (Phi) is 7.53. The maximum Gasteiger partial charge on any atom is 0.137 e. The van der Waals surface area contributed by atoms with Crippen molar-refractivity contribution >= 4 is 39.0 Å². The van der Waals surface area contributed by atoms with Crippen LogP contribution in [0.3, 0.4) is 0 Å². The SMILES string of the molecule is c1ccc(-c2ccc(-c3ccccc3N(c3cccc(-c4cccc(-c5ccccc5)c4)c3)c3ccc4c(c3)oc3ccccc34)cc2)cc1. The van der Waals surface area contributed by atoms with Gasteiger partial charge in [-0.05, 0) is 81.4 Å². The van der Waals surface area contributed by atoms with Crippen LogP contribution in [-0.4, -0.2) is 0 Å². The molecule has 0 radical (unpaired) electrons. The monoisotopic (exact) mass is 639 g/mol. The third kappa shape index (κ3) is 5.53. The number of furan rings is 1. The second-order valence-electron chi connectivity index (χ2n) is 12.6. The number of anilines is 3. The van der Waals surface area contributed by atoms with E-state index in [9.17, 15) is 0 Å². The minimum absolute atomic E-state index is 0.866. The molecule has 0 atom stereocenters. The molecule has 0 N–H and O–H groups in total. The Morgan fingerprint density at radius 2 is 0.820 bits per heavy atom. The highest BCUT2D eigenvalue weighted by atomic mass is 16.3. The Bertz CT molecular complexity index is 2580. The van der Waals surface area contributed by atoms with Crippen molar-refractivity contribution in [1.82, 2.24) is 0 Å². The predicted molar refractivity (Wildman–Crippen MR) is 210 cm³/mol. The fourth-order valence-corrected chi connectivity index (χ4v) is 7.00. The second-order valence-corrected chi connectivity index (χ2v) is 12.6. The van der Waals surface area contributed by atoms with Crippen molar-refractivity contribution in [2.45, 2.75) is 0 Å². The largest absolute Gasteiger partial charge is 0.456 e. The zero-order valence-electron chi connectivity index (χ0n) is 27.4. The fraction of sp³-hybridized carbons (Fsp3) is 0. The zero-order valence-corrected chi connectivity index (χ0v) is 27.4. The van der Waals surface area contributed by atoms with E-state index in [1.807, 2.05) is 12.1 Å². The van der Waals surface area contributed by atoms with Crippen LogP contribution >= 0.6 is 0 Å². The van der Waals surface area contributed by atoms with Crippen molar-refractivity contribution in [2.75, 3.05) is 4.90 Å². The number of para-hydroxylation sites is 2. The highest BCUT2D eigenvalue weighted by Gasteiger charge is 2.19. The molecule has 1 aromatic heterocycles. The van der Waals surface area contributed by atoms with Crippen molar-refractivity contribution in [2.24, 2.45) is 0 Å². The first kappa shape index (κ1) is 29.5. The van der Waals surface area contributed by atoms with E-state index in [4.69, 9.17) is 4.42 Å². The average molecular weight is 640 g/mol. The Morgan fingerprint density at radius 3 is 1.60 bits per heavy atom. The molecule has 50 heavy (non-hydrogen) atoms. The second kappa shape index (κ2) is 12.8. The van der Waals surface area contributed by atoms with Gasteiger partial charge in [-0.15, -0.1) is 0 Å². The summed E-state index contributed by atoms with van der Waals surface area (Å²) in [6.07, 6.45) is 0. The molecule has 0 bridgehead atoms. The molecule has 0 saturated heterocycles. The predicted octanol–water partition coefficient (Wildman–Crippen LogP) is 13.7. The van der Waals surface area contributed by atoms with E-state index in [-0.39, 0.29) is 0 Å². The standard InChI is InChI=1S/C48H33NO/c1-3-13-34(14-4-1)36-25-27-37(28-26-36)43-21-7-9-23-46(43)49(42-29-30-45-44-22-8-10-24-47(44)50-48(45)33-42)41-20-12-19-40(32-41)39-18-11-17-38(31-39)35-15-5-2-6-16-35/h1-33H. The number of benzene rings is 8. The summed E-state index contributed by atoms with van der Waals surface area (Å²) in [5, 5.41) is 2.24. The van der Waals surface area contributed by atoms with Crippen molar-refractivity contribution in [1.29, 1.82) is 0 Å². The van der Waals surface area contributed by atoms with Gasteiger partial charge in [0.25, 0.3) is 0 Å². The Balaban J connectivity index is 1.19. The molecule has 9 aromatic rings. The first-order valence-electron chi connectivity index (χ1n) is 17.0. The summed E-state index contributed by atoms with van der Waals surface area (Å²) in [6.45, 7) is 0. The minimum Gasteiger partial charge on any atom is -0.456 e. The Labute approximate surface area is 292 Å². The van der Waals surface area contributed by atoms with Crippen LogP contribution in [0.25, 0.3) is 66.4 Å². The summed E-state index contributed by atoms with van der Waals surface area (Å²) in [4.78, 5) is 2.36. The molecule has 0 aliphatic carbocycles. The third-order valence-electron chi connectivity index (χ3n) is 9.48. The van der Waals surface area contributed by atoms with Gasteiger partial charge < -0.3 is 9.32 Å². The lowest BCUT2D eigenvalue weighted by molar-refractivity contribution is 0.669. The molecule has 0 unspecified atom stereocenters. The van der Waals surface area contributed by atoms with Gasteiger partial charge in [0, 0.05) is 33.8 Å². The number of hydrogen-bond acceptors (Lipinski definition) is 2. The molecule has 8 aromatic carbocycles. The van der Waals surface area contributed by atoms with E-state index in [2.05, 4.69) is 193 Å². The maximum atomic E-state index is 6.41. The van der Waals surface area contributed by atoms with Gasteiger partial charge in [0.2, 0.25) is 0 Å². The molecule has 1 heterocycles. The van der Waals surface area contributed by atoms with Crippen molar-refractivity contribution < 1.29 is 4.42 Å². The Morgan fingerprint density at radius 1 is 0.300 bits per heavy atom. The molecule has 0 saturated carbocycles. The van der Waals surface area contributed by atoms with Gasteiger partial charge in [-0.2, -0.15) is 0 Å². The van der Waals surface area contributed by atoms with Gasteiger partial charge in [0.05, 0.1) is 5.69 Å². The van der Waals surface area contributed by atoms with Crippen LogP contribution in [0.1, 0.15) is 0 Å². The smallest absolute Gasteiger partial charge is 0.137 e. The topological polar surface area (TPSA) is 16.4 Å². The Hall–Kier alpha value is -6.64. The van der Waals surface area contributed by atoms with Crippen molar-refractivity contribution in [3.63, 3.8) is 0 Å². The molecule has 0 aliphatic rings. The summed E-state index contributed by atoms with van der Waals surface area (Å²) in [7, 11) is 0. The van der Waals surface area contributed by atoms with Gasteiger partial charge in [-0.1, -0.05) is 152 Å². The number of hydrogen-bond donors (Lipinski definition) is 0. The average Bonchev–Trinajstić information content (AvgIpc) is 3.57. The minimum atomic E-state index is 0.866. The normalized spacial score (nSPS) is 11.2. The summed E-state index contributed by atoms with van der Waals surface area (Å²) >= 11 is 0. The van der Waals surface area contributed by atoms with Crippen LogP contribution in [0.2, 0.25) is 0 Å². The van der Waals surface area contributed by atoms with Gasteiger partial charge in [-0.25, -0.2) is 0 Å². The van der Waals surface area contributed by atoms with Gasteiger partial charge in [0.15, 0.2) is 0 Å². The molecule has 2 heteroatoms. The molecule has 0 fully saturated rings. The van der Waals surface area contributed by atoms with Gasteiger partial charge >= 0.3 is 0 Å². The molecule has 9 rings (SSSR count). The summed E-state index contributed by atoms with van der Waals surface area (Å²) in [5.41, 5.74) is 14.4. The quantitative estimate of drug-likeness (QED) is 0.173. The summed E-state index contributed by atoms with van der Waals surface area (Å²) in [5.74, 6) is 0. The number of rotatable bonds is 7. The first-order chi connectivity index (χ1) is 24.8. The maximum absolute atomic E-state index is 6.41. The lowest BCUT2D eigenvalue weighted by Gasteiger charge is -2.28. The summed E-state index contributed by atoms with van der Waals surface area (Å²) in [6, 6.07) is 71.1. The van der Waals surface area contributed by atoms with Gasteiger partial charge in [0.1, 0.15) is 11.2 Å². The fourth-order valence-electron chi connectivity index (χ4n) is 7.00. The molecule has 0 amide bonds. The molecular formula is C48H33NO. The van der Waals surface area contributed by atoms with E-state index in [1.165, 1.54) is 27.8 Å². The van der Waals surface area contributed by atoms with Gasteiger partial charge in [-0.3, -0.25) is 0 Å². The molecule has 0 aliphatic heterocycles.